The Bertz CT molecular complexity index is 913. The lowest BCUT2D eigenvalue weighted by atomic mass is 10.2. The molecule has 29 heavy (non-hydrogen) atoms. The van der Waals surface area contributed by atoms with Crippen molar-refractivity contribution in [1.29, 1.82) is 0 Å². The van der Waals surface area contributed by atoms with E-state index in [1.54, 1.807) is 36.5 Å². The first-order valence-electron chi connectivity index (χ1n) is 9.11. The molecule has 8 heteroatoms. The van der Waals surface area contributed by atoms with Gasteiger partial charge in [-0.3, -0.25) is 0 Å². The fraction of sp³-hybridized carbons (Fsp3) is 0.238. The normalized spacial score (nSPS) is 10.9. The van der Waals surface area contributed by atoms with Crippen molar-refractivity contribution < 1.29 is 9.13 Å². The van der Waals surface area contributed by atoms with Crippen LogP contribution in [0.3, 0.4) is 0 Å². The third-order valence-electron chi connectivity index (χ3n) is 4.18. The predicted octanol–water partition coefficient (Wildman–Crippen LogP) is 3.89. The molecule has 0 unspecified atom stereocenters. The van der Waals surface area contributed by atoms with E-state index in [4.69, 9.17) is 4.74 Å². The molecule has 0 saturated carbocycles. The van der Waals surface area contributed by atoms with Crippen LogP contribution in [-0.4, -0.2) is 29.2 Å². The quantitative estimate of drug-likeness (QED) is 0.288. The zero-order valence-electron chi connectivity index (χ0n) is 16.4. The summed E-state index contributed by atoms with van der Waals surface area (Å²) in [7, 11) is 1.65. The topological polar surface area (TPSA) is 63.5 Å². The minimum absolute atomic E-state index is 0. The fourth-order valence-corrected chi connectivity index (χ4v) is 2.70. The van der Waals surface area contributed by atoms with Gasteiger partial charge in [-0.15, -0.1) is 24.0 Å². The van der Waals surface area contributed by atoms with Crippen molar-refractivity contribution in [2.45, 2.75) is 20.0 Å². The summed E-state index contributed by atoms with van der Waals surface area (Å²) in [5.41, 5.74) is 2.37. The summed E-state index contributed by atoms with van der Waals surface area (Å²) >= 11 is 0. The summed E-state index contributed by atoms with van der Waals surface area (Å²) in [6.07, 6.45) is 4.90. The van der Waals surface area contributed by atoms with Gasteiger partial charge in [0.25, 0.3) is 0 Å². The first-order chi connectivity index (χ1) is 13.7. The van der Waals surface area contributed by atoms with Crippen LogP contribution in [0, 0.1) is 5.82 Å². The number of methoxy groups -OCH3 is 1. The number of hydrogen-bond donors (Lipinski definition) is 2. The number of aliphatic imine (C=N–C) groups is 1. The van der Waals surface area contributed by atoms with Crippen LogP contribution in [-0.2, 0) is 13.1 Å². The highest BCUT2D eigenvalue weighted by Gasteiger charge is 2.06. The highest BCUT2D eigenvalue weighted by Crippen LogP contribution is 2.15. The van der Waals surface area contributed by atoms with E-state index in [0.29, 0.717) is 24.7 Å². The maximum atomic E-state index is 14.4. The van der Waals surface area contributed by atoms with Crippen LogP contribution in [0.2, 0.25) is 0 Å². The van der Waals surface area contributed by atoms with Crippen molar-refractivity contribution in [3.8, 4) is 11.4 Å². The van der Waals surface area contributed by atoms with Gasteiger partial charge in [-0.05, 0) is 42.3 Å². The molecule has 3 rings (SSSR count). The molecule has 0 spiro atoms. The van der Waals surface area contributed by atoms with Crippen LogP contribution in [0.1, 0.15) is 18.1 Å². The van der Waals surface area contributed by atoms with E-state index in [-0.39, 0.29) is 29.8 Å². The maximum absolute atomic E-state index is 14.4. The van der Waals surface area contributed by atoms with Crippen LogP contribution in [0.25, 0.3) is 5.69 Å². The first kappa shape index (κ1) is 22.7. The number of imidazole rings is 1. The van der Waals surface area contributed by atoms with Crippen molar-refractivity contribution in [2.24, 2.45) is 4.99 Å². The largest absolute Gasteiger partial charge is 0.497 e. The molecular formula is C21H25FIN5O. The van der Waals surface area contributed by atoms with Gasteiger partial charge in [-0.25, -0.2) is 14.4 Å². The smallest absolute Gasteiger partial charge is 0.191 e. The monoisotopic (exact) mass is 509 g/mol. The molecule has 0 saturated heterocycles. The standard InChI is InChI=1S/C21H24FN5O.HI/c1-3-24-21(25-13-16-4-7-18(28-2)8-5-16)26-14-17-6-9-20(19(22)12-17)27-11-10-23-15-27;/h4-12,15H,3,13-14H2,1-2H3,(H2,24,25,26);1H. The van der Waals surface area contributed by atoms with Gasteiger partial charge >= 0.3 is 0 Å². The average Bonchev–Trinajstić information content (AvgIpc) is 3.25. The number of benzene rings is 2. The molecule has 1 aromatic heterocycles. The van der Waals surface area contributed by atoms with Crippen molar-refractivity contribution in [2.75, 3.05) is 13.7 Å². The molecule has 0 aliphatic heterocycles. The Kier molecular flexibility index (Phi) is 8.91. The molecule has 3 aromatic rings. The van der Waals surface area contributed by atoms with E-state index in [0.717, 1.165) is 23.4 Å². The third kappa shape index (κ3) is 6.45. The first-order valence-corrected chi connectivity index (χ1v) is 9.11. The zero-order valence-corrected chi connectivity index (χ0v) is 18.8. The SMILES string of the molecule is CCNC(=NCc1ccc(-n2ccnc2)c(F)c1)NCc1ccc(OC)cc1.I. The van der Waals surface area contributed by atoms with Gasteiger partial charge in [0.2, 0.25) is 0 Å². The van der Waals surface area contributed by atoms with Crippen LogP contribution in [0.15, 0.2) is 66.2 Å². The predicted molar refractivity (Wildman–Crippen MR) is 124 cm³/mol. The number of aromatic nitrogens is 2. The van der Waals surface area contributed by atoms with Gasteiger partial charge in [0.05, 0.1) is 25.7 Å². The molecule has 0 aliphatic rings. The number of hydrogen-bond acceptors (Lipinski definition) is 3. The molecule has 154 valence electrons. The number of nitrogens with one attached hydrogen (secondary N) is 2. The second-order valence-corrected chi connectivity index (χ2v) is 6.15. The van der Waals surface area contributed by atoms with Crippen LogP contribution < -0.4 is 15.4 Å². The van der Waals surface area contributed by atoms with Gasteiger partial charge in [-0.1, -0.05) is 18.2 Å². The second kappa shape index (κ2) is 11.4. The number of nitrogens with zero attached hydrogens (tertiary/aromatic N) is 3. The molecule has 0 radical (unpaired) electrons. The fourth-order valence-electron chi connectivity index (χ4n) is 2.70. The van der Waals surface area contributed by atoms with Crippen LogP contribution >= 0.6 is 24.0 Å². The Morgan fingerprint density at radius 1 is 1.14 bits per heavy atom. The van der Waals surface area contributed by atoms with Gasteiger partial charge < -0.3 is 19.9 Å². The van der Waals surface area contributed by atoms with Gasteiger partial charge in [0, 0.05) is 25.5 Å². The van der Waals surface area contributed by atoms with Crippen LogP contribution in [0.4, 0.5) is 4.39 Å². The van der Waals surface area contributed by atoms with E-state index in [2.05, 4.69) is 20.6 Å². The second-order valence-electron chi connectivity index (χ2n) is 6.15. The lowest BCUT2D eigenvalue weighted by Crippen LogP contribution is -2.36. The molecule has 1 heterocycles. The summed E-state index contributed by atoms with van der Waals surface area (Å²) in [4.78, 5) is 8.50. The molecule has 0 amide bonds. The van der Waals surface area contributed by atoms with Crippen LogP contribution in [0.5, 0.6) is 5.75 Å². The molecule has 0 fully saturated rings. The van der Waals surface area contributed by atoms with E-state index >= 15 is 0 Å². The Morgan fingerprint density at radius 2 is 1.90 bits per heavy atom. The Hall–Kier alpha value is -2.62. The molecular weight excluding hydrogens is 484 g/mol. The lowest BCUT2D eigenvalue weighted by Gasteiger charge is -2.12. The van der Waals surface area contributed by atoms with Crippen molar-refractivity contribution in [3.63, 3.8) is 0 Å². The van der Waals surface area contributed by atoms with Gasteiger partial charge in [0.15, 0.2) is 5.96 Å². The summed E-state index contributed by atoms with van der Waals surface area (Å²) in [6.45, 7) is 3.75. The van der Waals surface area contributed by atoms with E-state index < -0.39 is 0 Å². The van der Waals surface area contributed by atoms with Crippen molar-refractivity contribution in [1.82, 2.24) is 20.2 Å². The lowest BCUT2D eigenvalue weighted by molar-refractivity contribution is 0.414. The summed E-state index contributed by atoms with van der Waals surface area (Å²) in [5.74, 6) is 1.20. The van der Waals surface area contributed by atoms with Gasteiger partial charge in [-0.2, -0.15) is 0 Å². The maximum Gasteiger partial charge on any atom is 0.191 e. The van der Waals surface area contributed by atoms with E-state index in [1.165, 1.54) is 6.07 Å². The van der Waals surface area contributed by atoms with Crippen molar-refractivity contribution in [3.05, 3.63) is 78.1 Å². The number of guanidine groups is 1. The Morgan fingerprint density at radius 3 is 2.52 bits per heavy atom. The molecule has 6 nitrogen and oxygen atoms in total. The number of ether oxygens (including phenoxy) is 1. The summed E-state index contributed by atoms with van der Waals surface area (Å²) in [6, 6.07) is 13.0. The molecule has 0 bridgehead atoms. The molecule has 0 atom stereocenters. The molecule has 2 N–H and O–H groups in total. The highest BCUT2D eigenvalue weighted by atomic mass is 127. The number of halogens is 2. The highest BCUT2D eigenvalue weighted by molar-refractivity contribution is 14.0. The average molecular weight is 509 g/mol. The summed E-state index contributed by atoms with van der Waals surface area (Å²) in [5, 5.41) is 6.49. The van der Waals surface area contributed by atoms with E-state index in [9.17, 15) is 4.39 Å². The zero-order chi connectivity index (χ0) is 19.8. The molecule has 2 aromatic carbocycles. The summed E-state index contributed by atoms with van der Waals surface area (Å²) < 4.78 is 21.2. The third-order valence-corrected chi connectivity index (χ3v) is 4.18. The van der Waals surface area contributed by atoms with Gasteiger partial charge in [0.1, 0.15) is 11.6 Å². The Balaban J connectivity index is 0.00000300. The molecule has 0 aliphatic carbocycles. The Labute approximate surface area is 187 Å². The minimum atomic E-state index is -0.304. The van der Waals surface area contributed by atoms with E-state index in [1.807, 2.05) is 37.3 Å². The number of rotatable bonds is 7. The van der Waals surface area contributed by atoms with Crippen molar-refractivity contribution >= 4 is 29.9 Å². The minimum Gasteiger partial charge on any atom is -0.497 e.